The Kier molecular flexibility index (Phi) is 5.18. The summed E-state index contributed by atoms with van der Waals surface area (Å²) in [7, 11) is 0. The molecule has 3 nitrogen and oxygen atoms in total. The lowest BCUT2D eigenvalue weighted by molar-refractivity contribution is 0.423. The lowest BCUT2D eigenvalue weighted by atomic mass is 10.0. The fourth-order valence-electron chi connectivity index (χ4n) is 2.36. The van der Waals surface area contributed by atoms with E-state index in [2.05, 4.69) is 73.0 Å². The van der Waals surface area contributed by atoms with Gasteiger partial charge in [0, 0.05) is 37.4 Å². The van der Waals surface area contributed by atoms with Gasteiger partial charge in [-0.15, -0.1) is 0 Å². The van der Waals surface area contributed by atoms with Crippen LogP contribution in [0, 0.1) is 0 Å². The van der Waals surface area contributed by atoms with Crippen molar-refractivity contribution in [2.45, 2.75) is 59.2 Å². The molecule has 0 aliphatic heterocycles. The topological polar surface area (TPSA) is 29.9 Å². The van der Waals surface area contributed by atoms with Crippen LogP contribution in [0.25, 0.3) is 0 Å². The van der Waals surface area contributed by atoms with Crippen molar-refractivity contribution in [3.8, 4) is 0 Å². The second kappa shape index (κ2) is 6.90. The average Bonchev–Trinajstić information content (AvgIpc) is 2.85. The van der Waals surface area contributed by atoms with E-state index < -0.39 is 0 Å². The van der Waals surface area contributed by atoms with E-state index in [1.807, 2.05) is 6.20 Å². The minimum atomic E-state index is 0.134. The minimum absolute atomic E-state index is 0.134. The molecular formula is C18H27N3. The second-order valence-corrected chi connectivity index (χ2v) is 6.59. The van der Waals surface area contributed by atoms with Crippen molar-refractivity contribution in [2.24, 2.45) is 0 Å². The molecule has 1 N–H and O–H groups in total. The average molecular weight is 285 g/mol. The molecule has 0 spiro atoms. The zero-order valence-electron chi connectivity index (χ0n) is 13.7. The molecule has 0 radical (unpaired) electrons. The SMILES string of the molecule is CCCc1nccn1Cc1ccccc1CNC(C)(C)C. The molecule has 2 rings (SSSR count). The Labute approximate surface area is 128 Å². The number of benzene rings is 1. The smallest absolute Gasteiger partial charge is 0.108 e. The van der Waals surface area contributed by atoms with Gasteiger partial charge in [0.15, 0.2) is 0 Å². The highest BCUT2D eigenvalue weighted by atomic mass is 15.1. The largest absolute Gasteiger partial charge is 0.331 e. The van der Waals surface area contributed by atoms with Crippen LogP contribution in [0.2, 0.25) is 0 Å². The van der Waals surface area contributed by atoms with Crippen LogP contribution >= 0.6 is 0 Å². The predicted molar refractivity (Wildman–Crippen MR) is 88.4 cm³/mol. The molecule has 2 aromatic rings. The van der Waals surface area contributed by atoms with Crippen molar-refractivity contribution >= 4 is 0 Å². The van der Waals surface area contributed by atoms with Crippen LogP contribution in [-0.4, -0.2) is 15.1 Å². The number of hydrogen-bond donors (Lipinski definition) is 1. The molecule has 1 aromatic carbocycles. The van der Waals surface area contributed by atoms with Crippen molar-refractivity contribution in [1.29, 1.82) is 0 Å². The molecule has 0 aliphatic carbocycles. The van der Waals surface area contributed by atoms with Gasteiger partial charge in [-0.1, -0.05) is 31.2 Å². The third kappa shape index (κ3) is 4.71. The number of aryl methyl sites for hydroxylation is 1. The van der Waals surface area contributed by atoms with Crippen LogP contribution in [0.3, 0.4) is 0 Å². The van der Waals surface area contributed by atoms with E-state index >= 15 is 0 Å². The van der Waals surface area contributed by atoms with Gasteiger partial charge < -0.3 is 9.88 Å². The first-order valence-corrected chi connectivity index (χ1v) is 7.81. The summed E-state index contributed by atoms with van der Waals surface area (Å²) in [5.41, 5.74) is 2.86. The Bertz CT molecular complexity index is 564. The maximum absolute atomic E-state index is 4.46. The molecule has 0 saturated heterocycles. The summed E-state index contributed by atoms with van der Waals surface area (Å²) < 4.78 is 2.26. The third-order valence-corrected chi connectivity index (χ3v) is 3.54. The van der Waals surface area contributed by atoms with E-state index in [0.29, 0.717) is 0 Å². The van der Waals surface area contributed by atoms with Crippen LogP contribution in [0.4, 0.5) is 0 Å². The van der Waals surface area contributed by atoms with Crippen LogP contribution in [0.1, 0.15) is 51.1 Å². The first kappa shape index (κ1) is 15.8. The van der Waals surface area contributed by atoms with E-state index in [1.54, 1.807) is 0 Å². The van der Waals surface area contributed by atoms with Gasteiger partial charge in [-0.05, 0) is 38.3 Å². The van der Waals surface area contributed by atoms with Crippen LogP contribution < -0.4 is 5.32 Å². The number of hydrogen-bond acceptors (Lipinski definition) is 2. The van der Waals surface area contributed by atoms with Gasteiger partial charge >= 0.3 is 0 Å². The van der Waals surface area contributed by atoms with Crippen molar-refractivity contribution < 1.29 is 0 Å². The lowest BCUT2D eigenvalue weighted by Crippen LogP contribution is -2.35. The molecule has 0 amide bonds. The number of imidazole rings is 1. The maximum Gasteiger partial charge on any atom is 0.108 e. The summed E-state index contributed by atoms with van der Waals surface area (Å²) in [6.45, 7) is 10.6. The summed E-state index contributed by atoms with van der Waals surface area (Å²) in [5.74, 6) is 1.18. The molecule has 21 heavy (non-hydrogen) atoms. The highest BCUT2D eigenvalue weighted by molar-refractivity contribution is 5.27. The Morgan fingerprint density at radius 3 is 2.52 bits per heavy atom. The summed E-state index contributed by atoms with van der Waals surface area (Å²) >= 11 is 0. The fraction of sp³-hybridized carbons (Fsp3) is 0.500. The van der Waals surface area contributed by atoms with Crippen LogP contribution in [0.15, 0.2) is 36.7 Å². The summed E-state index contributed by atoms with van der Waals surface area (Å²) in [6.07, 6.45) is 6.15. The van der Waals surface area contributed by atoms with Gasteiger partial charge in [-0.3, -0.25) is 0 Å². The van der Waals surface area contributed by atoms with Crippen LogP contribution in [-0.2, 0) is 19.5 Å². The van der Waals surface area contributed by atoms with Gasteiger partial charge in [-0.25, -0.2) is 4.98 Å². The molecule has 0 aliphatic rings. The van der Waals surface area contributed by atoms with Gasteiger partial charge in [0.05, 0.1) is 0 Å². The molecular weight excluding hydrogens is 258 g/mol. The molecule has 0 bridgehead atoms. The van der Waals surface area contributed by atoms with Crippen molar-refractivity contribution in [1.82, 2.24) is 14.9 Å². The van der Waals surface area contributed by atoms with Gasteiger partial charge in [-0.2, -0.15) is 0 Å². The number of rotatable bonds is 6. The zero-order chi connectivity index (χ0) is 15.3. The van der Waals surface area contributed by atoms with E-state index in [4.69, 9.17) is 0 Å². The first-order valence-electron chi connectivity index (χ1n) is 7.81. The number of nitrogens with zero attached hydrogens (tertiary/aromatic N) is 2. The summed E-state index contributed by atoms with van der Waals surface area (Å²) in [6, 6.07) is 8.66. The zero-order valence-corrected chi connectivity index (χ0v) is 13.7. The van der Waals surface area contributed by atoms with Crippen molar-refractivity contribution in [3.05, 3.63) is 53.6 Å². The minimum Gasteiger partial charge on any atom is -0.331 e. The Morgan fingerprint density at radius 1 is 1.14 bits per heavy atom. The normalized spacial score (nSPS) is 11.8. The van der Waals surface area contributed by atoms with Crippen LogP contribution in [0.5, 0.6) is 0 Å². The molecule has 0 unspecified atom stereocenters. The number of aromatic nitrogens is 2. The lowest BCUT2D eigenvalue weighted by Gasteiger charge is -2.22. The Hall–Kier alpha value is -1.61. The highest BCUT2D eigenvalue weighted by Crippen LogP contribution is 2.14. The molecule has 0 saturated carbocycles. The maximum atomic E-state index is 4.46. The molecule has 114 valence electrons. The van der Waals surface area contributed by atoms with E-state index in [0.717, 1.165) is 25.9 Å². The first-order chi connectivity index (χ1) is 9.99. The fourth-order valence-corrected chi connectivity index (χ4v) is 2.36. The summed E-state index contributed by atoms with van der Waals surface area (Å²) in [5, 5.41) is 3.57. The van der Waals surface area contributed by atoms with Crippen molar-refractivity contribution in [3.63, 3.8) is 0 Å². The summed E-state index contributed by atoms with van der Waals surface area (Å²) in [4.78, 5) is 4.46. The monoisotopic (exact) mass is 285 g/mol. The van der Waals surface area contributed by atoms with E-state index in [1.165, 1.54) is 17.0 Å². The second-order valence-electron chi connectivity index (χ2n) is 6.59. The molecule has 3 heteroatoms. The van der Waals surface area contributed by atoms with E-state index in [9.17, 15) is 0 Å². The van der Waals surface area contributed by atoms with Gasteiger partial charge in [0.25, 0.3) is 0 Å². The van der Waals surface area contributed by atoms with Gasteiger partial charge in [0.2, 0.25) is 0 Å². The molecule has 0 atom stereocenters. The Morgan fingerprint density at radius 2 is 1.86 bits per heavy atom. The van der Waals surface area contributed by atoms with Crippen molar-refractivity contribution in [2.75, 3.05) is 0 Å². The third-order valence-electron chi connectivity index (χ3n) is 3.54. The Balaban J connectivity index is 2.14. The predicted octanol–water partition coefficient (Wildman–Crippen LogP) is 3.77. The van der Waals surface area contributed by atoms with E-state index in [-0.39, 0.29) is 5.54 Å². The molecule has 1 aromatic heterocycles. The molecule has 1 heterocycles. The standard InChI is InChI=1S/C18H27N3/c1-5-8-17-19-11-12-21(17)14-16-10-7-6-9-15(16)13-20-18(2,3)4/h6-7,9-12,20H,5,8,13-14H2,1-4H3. The highest BCUT2D eigenvalue weighted by Gasteiger charge is 2.11. The number of nitrogens with one attached hydrogen (secondary N) is 1. The quantitative estimate of drug-likeness (QED) is 0.875. The molecule has 0 fully saturated rings. The van der Waals surface area contributed by atoms with Gasteiger partial charge in [0.1, 0.15) is 5.82 Å².